The third-order valence-corrected chi connectivity index (χ3v) is 3.50. The number of hydrogen-bond donors (Lipinski definition) is 2. The van der Waals surface area contributed by atoms with Gasteiger partial charge in [0.2, 0.25) is 0 Å². The van der Waals surface area contributed by atoms with Gasteiger partial charge >= 0.3 is 5.69 Å². The lowest BCUT2D eigenvalue weighted by molar-refractivity contribution is -0.386. The summed E-state index contributed by atoms with van der Waals surface area (Å²) < 4.78 is 10.5. The molecule has 2 aromatic rings. The van der Waals surface area contributed by atoms with E-state index in [2.05, 4.69) is 10.9 Å². The third-order valence-electron chi connectivity index (χ3n) is 3.24. The maximum Gasteiger partial charge on any atom is 0.310 e. The van der Waals surface area contributed by atoms with Crippen molar-refractivity contribution in [3.05, 3.63) is 63.7 Å². The number of nitrogens with one attached hydrogen (secondary N) is 2. The van der Waals surface area contributed by atoms with Crippen LogP contribution >= 0.6 is 11.6 Å². The Morgan fingerprint density at radius 2 is 1.81 bits per heavy atom. The molecule has 27 heavy (non-hydrogen) atoms. The van der Waals surface area contributed by atoms with Crippen LogP contribution in [0.2, 0.25) is 5.02 Å². The van der Waals surface area contributed by atoms with Gasteiger partial charge in [-0.3, -0.25) is 30.6 Å². The summed E-state index contributed by atoms with van der Waals surface area (Å²) in [6, 6.07) is 12.1. The molecule has 1 atom stereocenters. The van der Waals surface area contributed by atoms with E-state index in [-0.39, 0.29) is 18.0 Å². The molecule has 142 valence electrons. The van der Waals surface area contributed by atoms with Gasteiger partial charge in [0, 0.05) is 11.1 Å². The summed E-state index contributed by atoms with van der Waals surface area (Å²) in [6.07, 6.45) is -1.08. The lowest BCUT2D eigenvalue weighted by atomic mass is 10.3. The van der Waals surface area contributed by atoms with Crippen LogP contribution in [0.4, 0.5) is 5.69 Å². The molecule has 0 spiro atoms. The number of ether oxygens (including phenoxy) is 2. The van der Waals surface area contributed by atoms with Gasteiger partial charge in [-0.15, -0.1) is 0 Å². The van der Waals surface area contributed by atoms with Gasteiger partial charge in [0.15, 0.2) is 18.5 Å². The molecule has 0 unspecified atom stereocenters. The molecule has 9 nitrogen and oxygen atoms in total. The van der Waals surface area contributed by atoms with E-state index < -0.39 is 22.8 Å². The van der Waals surface area contributed by atoms with Crippen molar-refractivity contribution >= 4 is 29.1 Å². The van der Waals surface area contributed by atoms with Crippen LogP contribution in [0, 0.1) is 10.1 Å². The molecule has 2 amide bonds. The average molecular weight is 394 g/mol. The Hall–Kier alpha value is -3.33. The number of carbonyl (C=O) groups excluding carboxylic acids is 2. The number of hydrazine groups is 1. The average Bonchev–Trinajstić information content (AvgIpc) is 2.65. The van der Waals surface area contributed by atoms with Crippen LogP contribution in [-0.4, -0.2) is 29.4 Å². The Morgan fingerprint density at radius 3 is 2.48 bits per heavy atom. The molecule has 2 aromatic carbocycles. The largest absolute Gasteiger partial charge is 0.484 e. The number of benzene rings is 2. The first-order valence-corrected chi connectivity index (χ1v) is 8.11. The number of carbonyl (C=O) groups is 2. The Balaban J connectivity index is 1.80. The van der Waals surface area contributed by atoms with Gasteiger partial charge in [-0.1, -0.05) is 23.7 Å². The predicted molar refractivity (Wildman–Crippen MR) is 96.4 cm³/mol. The highest BCUT2D eigenvalue weighted by Crippen LogP contribution is 2.26. The van der Waals surface area contributed by atoms with Crippen molar-refractivity contribution in [1.29, 1.82) is 0 Å². The van der Waals surface area contributed by atoms with E-state index in [4.69, 9.17) is 21.1 Å². The number of para-hydroxylation sites is 2. The monoisotopic (exact) mass is 393 g/mol. The number of hydrogen-bond acceptors (Lipinski definition) is 6. The van der Waals surface area contributed by atoms with E-state index in [9.17, 15) is 19.7 Å². The molecule has 0 aliphatic heterocycles. The molecule has 2 rings (SSSR count). The van der Waals surface area contributed by atoms with E-state index in [0.717, 1.165) is 0 Å². The molecule has 0 aromatic heterocycles. The zero-order valence-corrected chi connectivity index (χ0v) is 14.9. The van der Waals surface area contributed by atoms with E-state index in [1.54, 1.807) is 30.3 Å². The fraction of sp³-hybridized carbons (Fsp3) is 0.176. The standard InChI is InChI=1S/C17H16ClN3O6/c1-11(27-15-5-3-2-4-14(15)21(24)25)17(23)20-19-16(22)10-26-13-8-6-12(18)7-9-13/h2-9,11H,10H2,1H3,(H,19,22)(H,20,23)/t11-/m0/s1. The zero-order chi connectivity index (χ0) is 19.8. The van der Waals surface area contributed by atoms with Crippen LogP contribution in [0.1, 0.15) is 6.92 Å². The number of halogens is 1. The van der Waals surface area contributed by atoms with Crippen LogP contribution in [0.15, 0.2) is 48.5 Å². The molecule has 0 radical (unpaired) electrons. The van der Waals surface area contributed by atoms with Gasteiger partial charge in [-0.2, -0.15) is 0 Å². The van der Waals surface area contributed by atoms with Crippen LogP contribution < -0.4 is 20.3 Å². The molecule has 2 N–H and O–H groups in total. The topological polar surface area (TPSA) is 120 Å². The second-order valence-corrected chi connectivity index (χ2v) is 5.70. The van der Waals surface area contributed by atoms with Crippen molar-refractivity contribution < 1.29 is 24.0 Å². The molecular weight excluding hydrogens is 378 g/mol. The van der Waals surface area contributed by atoms with Crippen molar-refractivity contribution in [3.63, 3.8) is 0 Å². The summed E-state index contributed by atoms with van der Waals surface area (Å²) >= 11 is 5.74. The summed E-state index contributed by atoms with van der Waals surface area (Å²) in [5.74, 6) is -0.902. The first-order valence-electron chi connectivity index (χ1n) is 7.74. The molecule has 0 aliphatic rings. The van der Waals surface area contributed by atoms with Crippen molar-refractivity contribution in [2.24, 2.45) is 0 Å². The maximum atomic E-state index is 12.0. The van der Waals surface area contributed by atoms with Gasteiger partial charge in [-0.25, -0.2) is 0 Å². The van der Waals surface area contributed by atoms with Crippen LogP contribution in [-0.2, 0) is 9.59 Å². The zero-order valence-electron chi connectivity index (χ0n) is 14.2. The molecule has 0 saturated carbocycles. The Morgan fingerprint density at radius 1 is 1.15 bits per heavy atom. The fourth-order valence-electron chi connectivity index (χ4n) is 1.90. The first kappa shape index (κ1) is 20.0. The van der Waals surface area contributed by atoms with E-state index in [1.165, 1.54) is 25.1 Å². The van der Waals surface area contributed by atoms with Gasteiger partial charge in [0.05, 0.1) is 4.92 Å². The first-order chi connectivity index (χ1) is 12.9. The number of amides is 2. The predicted octanol–water partition coefficient (Wildman–Crippen LogP) is 2.24. The minimum Gasteiger partial charge on any atom is -0.484 e. The van der Waals surface area contributed by atoms with Crippen LogP contribution in [0.25, 0.3) is 0 Å². The molecule has 0 heterocycles. The lowest BCUT2D eigenvalue weighted by Crippen LogP contribution is -2.48. The van der Waals surface area contributed by atoms with Gasteiger partial charge in [0.1, 0.15) is 5.75 Å². The van der Waals surface area contributed by atoms with Crippen molar-refractivity contribution in [3.8, 4) is 11.5 Å². The van der Waals surface area contributed by atoms with Crippen LogP contribution in [0.3, 0.4) is 0 Å². The molecule has 10 heteroatoms. The van der Waals surface area contributed by atoms with Gasteiger partial charge < -0.3 is 9.47 Å². The van der Waals surface area contributed by atoms with Crippen molar-refractivity contribution in [2.75, 3.05) is 6.61 Å². The normalized spacial score (nSPS) is 11.2. The number of nitrogens with zero attached hydrogens (tertiary/aromatic N) is 1. The Labute approximate surface area is 159 Å². The number of nitro benzene ring substituents is 1. The Bertz CT molecular complexity index is 828. The minimum atomic E-state index is -1.08. The number of nitro groups is 1. The summed E-state index contributed by atoms with van der Waals surface area (Å²) in [6.45, 7) is 1.06. The summed E-state index contributed by atoms with van der Waals surface area (Å²) in [7, 11) is 0. The Kier molecular flexibility index (Phi) is 6.95. The summed E-state index contributed by atoms with van der Waals surface area (Å²) in [5.41, 5.74) is 4.06. The fourth-order valence-corrected chi connectivity index (χ4v) is 2.03. The minimum absolute atomic E-state index is 0.0532. The quantitative estimate of drug-likeness (QED) is 0.550. The van der Waals surface area contributed by atoms with Crippen LogP contribution in [0.5, 0.6) is 11.5 Å². The maximum absolute atomic E-state index is 12.0. The highest BCUT2D eigenvalue weighted by atomic mass is 35.5. The molecular formula is C17H16ClN3O6. The molecule has 0 saturated heterocycles. The second-order valence-electron chi connectivity index (χ2n) is 5.26. The summed E-state index contributed by atoms with van der Waals surface area (Å²) in [4.78, 5) is 34.0. The van der Waals surface area contributed by atoms with E-state index in [0.29, 0.717) is 10.8 Å². The lowest BCUT2D eigenvalue weighted by Gasteiger charge is -2.15. The molecule has 0 aliphatic carbocycles. The van der Waals surface area contributed by atoms with Gasteiger partial charge in [0.25, 0.3) is 11.8 Å². The summed E-state index contributed by atoms with van der Waals surface area (Å²) in [5, 5.41) is 11.5. The third kappa shape index (κ3) is 6.15. The highest BCUT2D eigenvalue weighted by Gasteiger charge is 2.21. The van der Waals surface area contributed by atoms with E-state index in [1.807, 2.05) is 0 Å². The van der Waals surface area contributed by atoms with Gasteiger partial charge in [-0.05, 0) is 37.3 Å². The number of rotatable bonds is 7. The second kappa shape index (κ2) is 9.39. The highest BCUT2D eigenvalue weighted by molar-refractivity contribution is 6.30. The molecule has 0 fully saturated rings. The van der Waals surface area contributed by atoms with Crippen molar-refractivity contribution in [1.82, 2.24) is 10.9 Å². The van der Waals surface area contributed by atoms with Crippen molar-refractivity contribution in [2.45, 2.75) is 13.0 Å². The van der Waals surface area contributed by atoms with E-state index >= 15 is 0 Å². The SMILES string of the molecule is C[C@H](Oc1ccccc1[N+](=O)[O-])C(=O)NNC(=O)COc1ccc(Cl)cc1. The molecule has 0 bridgehead atoms. The smallest absolute Gasteiger partial charge is 0.310 e.